The van der Waals surface area contributed by atoms with Crippen LogP contribution < -0.4 is 11.1 Å². The van der Waals surface area contributed by atoms with Gasteiger partial charge in [0, 0.05) is 16.8 Å². The zero-order valence-electron chi connectivity index (χ0n) is 16.4. The number of aromatic carboxylic acids is 1. The Kier molecular flexibility index (Phi) is 5.20. The zero-order chi connectivity index (χ0) is 22.0. The second-order valence-corrected chi connectivity index (χ2v) is 7.04. The van der Waals surface area contributed by atoms with Crippen molar-refractivity contribution >= 4 is 34.2 Å². The number of rotatable bonds is 5. The molecule has 0 aromatic heterocycles. The van der Waals surface area contributed by atoms with Gasteiger partial charge < -0.3 is 16.2 Å². The summed E-state index contributed by atoms with van der Waals surface area (Å²) in [7, 11) is 0. The highest BCUT2D eigenvalue weighted by atomic mass is 16.4. The molecule has 6 nitrogen and oxygen atoms in total. The number of hydrogen-bond donors (Lipinski definition) is 4. The van der Waals surface area contributed by atoms with Gasteiger partial charge in [-0.3, -0.25) is 10.2 Å². The number of anilines is 1. The highest BCUT2D eigenvalue weighted by Crippen LogP contribution is 2.32. The fraction of sp³-hybridized carbons (Fsp3) is 0. The van der Waals surface area contributed by atoms with Crippen molar-refractivity contribution < 1.29 is 14.7 Å². The van der Waals surface area contributed by atoms with Crippen LogP contribution in [0.2, 0.25) is 0 Å². The standard InChI is InChI=1S/C25H19N3O3/c26-23(27)15-9-11-18(12-10-15)28-24(29)20-8-4-3-7-19(20)21-13-16-5-1-2-6-17(16)14-22(21)25(30)31/h1-14H,(H3,26,27)(H,28,29)(H,30,31). The average Bonchev–Trinajstić information content (AvgIpc) is 2.78. The van der Waals surface area contributed by atoms with E-state index < -0.39 is 5.97 Å². The second kappa shape index (κ2) is 8.12. The average molecular weight is 409 g/mol. The number of fused-ring (bicyclic) bond motifs is 1. The summed E-state index contributed by atoms with van der Waals surface area (Å²) < 4.78 is 0. The summed E-state index contributed by atoms with van der Waals surface area (Å²) in [6.45, 7) is 0. The molecule has 4 rings (SSSR count). The molecule has 0 atom stereocenters. The first-order chi connectivity index (χ1) is 14.9. The molecule has 6 heteroatoms. The van der Waals surface area contributed by atoms with Crippen LogP contribution in [0.5, 0.6) is 0 Å². The molecule has 0 saturated heterocycles. The van der Waals surface area contributed by atoms with Crippen molar-refractivity contribution in [3.63, 3.8) is 0 Å². The molecular formula is C25H19N3O3. The lowest BCUT2D eigenvalue weighted by Crippen LogP contribution is -2.14. The lowest BCUT2D eigenvalue weighted by Gasteiger charge is -2.14. The number of amides is 1. The Morgan fingerprint density at radius 3 is 2.03 bits per heavy atom. The molecule has 0 aliphatic carbocycles. The van der Waals surface area contributed by atoms with E-state index in [0.717, 1.165) is 10.8 Å². The fourth-order valence-electron chi connectivity index (χ4n) is 3.49. The smallest absolute Gasteiger partial charge is 0.336 e. The quantitative estimate of drug-likeness (QED) is 0.281. The number of carbonyl (C=O) groups excluding carboxylic acids is 1. The highest BCUT2D eigenvalue weighted by molar-refractivity contribution is 6.11. The van der Waals surface area contributed by atoms with E-state index in [1.807, 2.05) is 24.3 Å². The Bertz CT molecular complexity index is 1330. The van der Waals surface area contributed by atoms with Gasteiger partial charge in [0.1, 0.15) is 5.84 Å². The van der Waals surface area contributed by atoms with Crippen molar-refractivity contribution in [1.29, 1.82) is 5.41 Å². The maximum Gasteiger partial charge on any atom is 0.336 e. The van der Waals surface area contributed by atoms with Crippen LogP contribution in [0.4, 0.5) is 5.69 Å². The highest BCUT2D eigenvalue weighted by Gasteiger charge is 2.19. The first-order valence-corrected chi connectivity index (χ1v) is 9.55. The van der Waals surface area contributed by atoms with Crippen LogP contribution in [0.15, 0.2) is 84.9 Å². The van der Waals surface area contributed by atoms with E-state index in [1.54, 1.807) is 60.7 Å². The predicted molar refractivity (Wildman–Crippen MR) is 122 cm³/mol. The van der Waals surface area contributed by atoms with Crippen molar-refractivity contribution in [2.24, 2.45) is 5.73 Å². The van der Waals surface area contributed by atoms with Crippen molar-refractivity contribution in [1.82, 2.24) is 0 Å². The van der Waals surface area contributed by atoms with E-state index in [-0.39, 0.29) is 17.3 Å². The Morgan fingerprint density at radius 1 is 0.774 bits per heavy atom. The lowest BCUT2D eigenvalue weighted by molar-refractivity contribution is 0.0697. The number of carboxylic acids is 1. The van der Waals surface area contributed by atoms with Crippen molar-refractivity contribution in [2.45, 2.75) is 0 Å². The molecule has 0 radical (unpaired) electrons. The van der Waals surface area contributed by atoms with Crippen LogP contribution >= 0.6 is 0 Å². The number of hydrogen-bond acceptors (Lipinski definition) is 3. The molecule has 0 unspecified atom stereocenters. The topological polar surface area (TPSA) is 116 Å². The van der Waals surface area contributed by atoms with E-state index in [1.165, 1.54) is 0 Å². The van der Waals surface area contributed by atoms with Gasteiger partial charge in [-0.25, -0.2) is 4.79 Å². The van der Waals surface area contributed by atoms with Crippen molar-refractivity contribution in [2.75, 3.05) is 5.32 Å². The Hall–Kier alpha value is -4.45. The van der Waals surface area contributed by atoms with Gasteiger partial charge in [0.05, 0.1) is 5.56 Å². The Morgan fingerprint density at radius 2 is 1.39 bits per heavy atom. The molecule has 0 fully saturated rings. The zero-order valence-corrected chi connectivity index (χ0v) is 16.4. The number of carbonyl (C=O) groups is 2. The van der Waals surface area contributed by atoms with Gasteiger partial charge in [-0.2, -0.15) is 0 Å². The van der Waals surface area contributed by atoms with Gasteiger partial charge in [-0.1, -0.05) is 42.5 Å². The third-order valence-electron chi connectivity index (χ3n) is 5.03. The van der Waals surface area contributed by atoms with Crippen LogP contribution in [-0.4, -0.2) is 22.8 Å². The summed E-state index contributed by atoms with van der Waals surface area (Å²) >= 11 is 0. The summed E-state index contributed by atoms with van der Waals surface area (Å²) in [4.78, 5) is 25.0. The van der Waals surface area contributed by atoms with E-state index in [4.69, 9.17) is 11.1 Å². The largest absolute Gasteiger partial charge is 0.478 e. The van der Waals surface area contributed by atoms with Crippen LogP contribution in [0.1, 0.15) is 26.3 Å². The molecule has 5 N–H and O–H groups in total. The van der Waals surface area contributed by atoms with Gasteiger partial charge in [0.15, 0.2) is 0 Å². The molecule has 4 aromatic carbocycles. The molecule has 0 saturated carbocycles. The third kappa shape index (κ3) is 4.00. The summed E-state index contributed by atoms with van der Waals surface area (Å²) in [6, 6.07) is 24.5. The number of carboxylic acid groups (broad SMARTS) is 1. The number of nitrogens with one attached hydrogen (secondary N) is 2. The molecule has 4 aromatic rings. The minimum Gasteiger partial charge on any atom is -0.478 e. The summed E-state index contributed by atoms with van der Waals surface area (Å²) in [5.74, 6) is -1.48. The molecular weight excluding hydrogens is 390 g/mol. The van der Waals surface area contributed by atoms with E-state index in [0.29, 0.717) is 27.9 Å². The van der Waals surface area contributed by atoms with E-state index in [2.05, 4.69) is 5.32 Å². The van der Waals surface area contributed by atoms with Gasteiger partial charge in [-0.15, -0.1) is 0 Å². The van der Waals surface area contributed by atoms with Crippen molar-refractivity contribution in [3.05, 3.63) is 102 Å². The number of nitrogens with two attached hydrogens (primary N) is 1. The van der Waals surface area contributed by atoms with Gasteiger partial charge in [0.25, 0.3) is 5.91 Å². The molecule has 0 spiro atoms. The maximum absolute atomic E-state index is 13.0. The summed E-state index contributed by atoms with van der Waals surface area (Å²) in [5.41, 5.74) is 8.06. The molecule has 0 bridgehead atoms. The second-order valence-electron chi connectivity index (χ2n) is 7.04. The summed E-state index contributed by atoms with van der Waals surface area (Å²) in [6.07, 6.45) is 0. The first-order valence-electron chi connectivity index (χ1n) is 9.55. The third-order valence-corrected chi connectivity index (χ3v) is 5.03. The SMILES string of the molecule is N=C(N)c1ccc(NC(=O)c2ccccc2-c2cc3ccccc3cc2C(=O)O)cc1. The minimum atomic E-state index is -1.06. The maximum atomic E-state index is 13.0. The lowest BCUT2D eigenvalue weighted by atomic mass is 9.92. The molecule has 1 amide bonds. The van der Waals surface area contributed by atoms with Crippen LogP contribution in [-0.2, 0) is 0 Å². The minimum absolute atomic E-state index is 0.0549. The predicted octanol–water partition coefficient (Wildman–Crippen LogP) is 4.74. The van der Waals surface area contributed by atoms with Crippen LogP contribution in [0.25, 0.3) is 21.9 Å². The van der Waals surface area contributed by atoms with Crippen LogP contribution in [0, 0.1) is 5.41 Å². The fourth-order valence-corrected chi connectivity index (χ4v) is 3.49. The number of benzene rings is 4. The number of nitrogen functional groups attached to an aromatic ring is 1. The molecule has 0 aliphatic rings. The normalized spacial score (nSPS) is 10.6. The Balaban J connectivity index is 1.77. The van der Waals surface area contributed by atoms with E-state index >= 15 is 0 Å². The Labute approximate surface area is 178 Å². The van der Waals surface area contributed by atoms with Gasteiger partial charge >= 0.3 is 5.97 Å². The molecule has 152 valence electrons. The molecule has 0 heterocycles. The first kappa shape index (κ1) is 19.8. The van der Waals surface area contributed by atoms with Gasteiger partial charge in [0.2, 0.25) is 0 Å². The van der Waals surface area contributed by atoms with Gasteiger partial charge in [-0.05, 0) is 64.4 Å². The monoisotopic (exact) mass is 409 g/mol. The molecule has 0 aliphatic heterocycles. The molecule has 31 heavy (non-hydrogen) atoms. The number of amidine groups is 1. The van der Waals surface area contributed by atoms with Crippen LogP contribution in [0.3, 0.4) is 0 Å². The van der Waals surface area contributed by atoms with E-state index in [9.17, 15) is 14.7 Å². The summed E-state index contributed by atoms with van der Waals surface area (Å²) in [5, 5.41) is 21.8. The van der Waals surface area contributed by atoms with Crippen molar-refractivity contribution in [3.8, 4) is 11.1 Å².